The summed E-state index contributed by atoms with van der Waals surface area (Å²) >= 11 is 0. The van der Waals surface area contributed by atoms with Gasteiger partial charge in [-0.15, -0.1) is 0 Å². The highest BCUT2D eigenvalue weighted by Crippen LogP contribution is 2.24. The molecule has 2 rings (SSSR count). The molecular weight excluding hydrogens is 104 g/mol. The lowest BCUT2D eigenvalue weighted by Gasteiger charge is -2.20. The van der Waals surface area contributed by atoms with Crippen LogP contribution in [0.2, 0.25) is 0 Å². The van der Waals surface area contributed by atoms with E-state index in [9.17, 15) is 0 Å². The second-order valence-corrected chi connectivity index (χ2v) is 2.54. The zero-order valence-electron chi connectivity index (χ0n) is 4.71. The Bertz CT molecular complexity index is 105. The van der Waals surface area contributed by atoms with Crippen LogP contribution in [0, 0.1) is 0 Å². The van der Waals surface area contributed by atoms with Crippen LogP contribution in [0.4, 0.5) is 0 Å². The molecule has 0 unspecified atom stereocenters. The highest BCUT2D eigenvalue weighted by Gasteiger charge is 2.36. The van der Waals surface area contributed by atoms with Crippen molar-refractivity contribution in [3.05, 3.63) is 0 Å². The fraction of sp³-hybridized carbons (Fsp3) is 1.00. The molecule has 3 heteroatoms. The van der Waals surface area contributed by atoms with Crippen LogP contribution in [-0.2, 0) is 4.74 Å². The lowest BCUT2D eigenvalue weighted by atomic mass is 10.3. The van der Waals surface area contributed by atoms with E-state index in [0.29, 0.717) is 12.1 Å². The first-order valence-electron chi connectivity index (χ1n) is 2.99. The molecule has 0 amide bonds. The molecule has 0 aliphatic carbocycles. The molecule has 2 saturated heterocycles. The highest BCUT2D eigenvalue weighted by molar-refractivity contribution is 4.88. The third-order valence-electron chi connectivity index (χ3n) is 1.94. The van der Waals surface area contributed by atoms with Crippen molar-refractivity contribution in [3.8, 4) is 0 Å². The van der Waals surface area contributed by atoms with E-state index in [-0.39, 0.29) is 0 Å². The van der Waals surface area contributed by atoms with Gasteiger partial charge >= 0.3 is 0 Å². The summed E-state index contributed by atoms with van der Waals surface area (Å²) < 4.78 is 5.30. The predicted octanol–water partition coefficient (Wildman–Crippen LogP) is -0.667. The van der Waals surface area contributed by atoms with E-state index in [0.717, 1.165) is 19.6 Å². The first-order valence-corrected chi connectivity index (χ1v) is 2.99. The maximum atomic E-state index is 5.57. The van der Waals surface area contributed by atoms with Gasteiger partial charge in [-0.3, -0.25) is 5.84 Å². The first-order chi connectivity index (χ1) is 3.86. The van der Waals surface area contributed by atoms with Crippen molar-refractivity contribution in [1.82, 2.24) is 5.01 Å². The van der Waals surface area contributed by atoms with Crippen LogP contribution in [0.1, 0.15) is 6.42 Å². The van der Waals surface area contributed by atoms with Crippen LogP contribution in [0.5, 0.6) is 0 Å². The van der Waals surface area contributed by atoms with E-state index in [1.807, 2.05) is 5.01 Å². The minimum atomic E-state index is 0.449. The van der Waals surface area contributed by atoms with Gasteiger partial charge in [0.1, 0.15) is 0 Å². The fourth-order valence-electron chi connectivity index (χ4n) is 1.43. The number of hydrogen-bond acceptors (Lipinski definition) is 3. The summed E-state index contributed by atoms with van der Waals surface area (Å²) in [5.74, 6) is 5.57. The summed E-state index contributed by atoms with van der Waals surface area (Å²) in [5, 5.41) is 1.88. The third-order valence-corrected chi connectivity index (χ3v) is 1.94. The molecule has 8 heavy (non-hydrogen) atoms. The molecule has 0 saturated carbocycles. The lowest BCUT2D eigenvalue weighted by molar-refractivity contribution is 0.0305. The molecule has 0 spiro atoms. The number of ether oxygens (including phenoxy) is 1. The van der Waals surface area contributed by atoms with Crippen molar-refractivity contribution in [2.45, 2.75) is 18.6 Å². The van der Waals surface area contributed by atoms with E-state index in [1.165, 1.54) is 0 Å². The Kier molecular flexibility index (Phi) is 0.848. The third kappa shape index (κ3) is 0.491. The normalized spacial score (nSPS) is 46.1. The van der Waals surface area contributed by atoms with Gasteiger partial charge in [0.2, 0.25) is 0 Å². The van der Waals surface area contributed by atoms with E-state index in [1.54, 1.807) is 0 Å². The van der Waals surface area contributed by atoms with Crippen LogP contribution >= 0.6 is 0 Å². The molecule has 46 valence electrons. The van der Waals surface area contributed by atoms with Gasteiger partial charge in [0.05, 0.1) is 18.8 Å². The van der Waals surface area contributed by atoms with Gasteiger partial charge in [-0.2, -0.15) is 0 Å². The standard InChI is InChI=1S/C5H10N2O/c6-7-2-5-1-4(7)3-8-5/h4-5H,1-3,6H2/t4-,5-/m1/s1. The second kappa shape index (κ2) is 1.43. The molecule has 2 aliphatic rings. The van der Waals surface area contributed by atoms with Crippen molar-refractivity contribution in [2.24, 2.45) is 5.84 Å². The average Bonchev–Trinajstić information content (AvgIpc) is 2.23. The zero-order valence-corrected chi connectivity index (χ0v) is 4.71. The van der Waals surface area contributed by atoms with Gasteiger partial charge < -0.3 is 4.74 Å². The van der Waals surface area contributed by atoms with Gasteiger partial charge in [0, 0.05) is 6.54 Å². The van der Waals surface area contributed by atoms with Crippen molar-refractivity contribution in [3.63, 3.8) is 0 Å². The van der Waals surface area contributed by atoms with Crippen molar-refractivity contribution in [2.75, 3.05) is 13.2 Å². The minimum Gasteiger partial charge on any atom is -0.375 e. The maximum absolute atomic E-state index is 5.57. The van der Waals surface area contributed by atoms with Crippen molar-refractivity contribution >= 4 is 0 Å². The number of fused-ring (bicyclic) bond motifs is 2. The quantitative estimate of drug-likeness (QED) is 0.425. The molecule has 0 radical (unpaired) electrons. The van der Waals surface area contributed by atoms with Crippen LogP contribution in [0.25, 0.3) is 0 Å². The Balaban J connectivity index is 2.11. The molecule has 2 atom stereocenters. The number of morpholine rings is 1. The molecule has 2 N–H and O–H groups in total. The molecule has 2 bridgehead atoms. The summed E-state index contributed by atoms with van der Waals surface area (Å²) in [5.41, 5.74) is 0. The van der Waals surface area contributed by atoms with Crippen LogP contribution in [0.3, 0.4) is 0 Å². The smallest absolute Gasteiger partial charge is 0.0733 e. The van der Waals surface area contributed by atoms with E-state index in [2.05, 4.69) is 0 Å². The van der Waals surface area contributed by atoms with E-state index >= 15 is 0 Å². The van der Waals surface area contributed by atoms with Crippen molar-refractivity contribution < 1.29 is 4.74 Å². The Morgan fingerprint density at radius 3 is 2.75 bits per heavy atom. The Morgan fingerprint density at radius 2 is 2.50 bits per heavy atom. The monoisotopic (exact) mass is 114 g/mol. The maximum Gasteiger partial charge on any atom is 0.0733 e. The molecule has 2 aliphatic heterocycles. The molecule has 0 aromatic rings. The van der Waals surface area contributed by atoms with Crippen LogP contribution in [0.15, 0.2) is 0 Å². The van der Waals surface area contributed by atoms with Gasteiger partial charge in [-0.1, -0.05) is 0 Å². The molecule has 0 aromatic heterocycles. The molecule has 3 nitrogen and oxygen atoms in total. The Labute approximate surface area is 48.4 Å². The Morgan fingerprint density at radius 1 is 1.62 bits per heavy atom. The summed E-state index contributed by atoms with van der Waals surface area (Å²) in [4.78, 5) is 0. The lowest BCUT2D eigenvalue weighted by Crippen LogP contribution is -2.41. The summed E-state index contributed by atoms with van der Waals surface area (Å²) in [6.45, 7) is 1.78. The zero-order chi connectivity index (χ0) is 5.56. The largest absolute Gasteiger partial charge is 0.375 e. The van der Waals surface area contributed by atoms with Gasteiger partial charge in [0.15, 0.2) is 0 Å². The summed E-state index contributed by atoms with van der Waals surface area (Å²) in [6.07, 6.45) is 1.60. The highest BCUT2D eigenvalue weighted by atomic mass is 16.5. The average molecular weight is 114 g/mol. The summed E-state index contributed by atoms with van der Waals surface area (Å²) in [6, 6.07) is 0.528. The van der Waals surface area contributed by atoms with Gasteiger partial charge in [0.25, 0.3) is 0 Å². The van der Waals surface area contributed by atoms with E-state index in [4.69, 9.17) is 10.6 Å². The number of hydrazine groups is 1. The number of nitrogens with two attached hydrogens (primary N) is 1. The number of nitrogens with zero attached hydrogens (tertiary/aromatic N) is 1. The van der Waals surface area contributed by atoms with Crippen LogP contribution < -0.4 is 5.84 Å². The predicted molar refractivity (Wildman–Crippen MR) is 29.0 cm³/mol. The SMILES string of the molecule is NN1C[C@H]2C[C@@H]1CO2. The molecule has 2 fully saturated rings. The Hall–Kier alpha value is -0.120. The van der Waals surface area contributed by atoms with E-state index < -0.39 is 0 Å². The fourth-order valence-corrected chi connectivity index (χ4v) is 1.43. The summed E-state index contributed by atoms with van der Waals surface area (Å²) in [7, 11) is 0. The first kappa shape index (κ1) is 4.73. The van der Waals surface area contributed by atoms with Crippen LogP contribution in [-0.4, -0.2) is 30.3 Å². The topological polar surface area (TPSA) is 38.5 Å². The minimum absolute atomic E-state index is 0.449. The molecule has 0 aromatic carbocycles. The second-order valence-electron chi connectivity index (χ2n) is 2.54. The van der Waals surface area contributed by atoms with Crippen molar-refractivity contribution in [1.29, 1.82) is 0 Å². The number of rotatable bonds is 0. The molecular formula is C5H10N2O. The molecule has 2 heterocycles. The van der Waals surface area contributed by atoms with Gasteiger partial charge in [-0.05, 0) is 6.42 Å². The number of hydrogen-bond donors (Lipinski definition) is 1. The van der Waals surface area contributed by atoms with Gasteiger partial charge in [-0.25, -0.2) is 5.01 Å².